The summed E-state index contributed by atoms with van der Waals surface area (Å²) in [5, 5.41) is 0. The lowest BCUT2D eigenvalue weighted by atomic mass is 9.95. The van der Waals surface area contributed by atoms with Gasteiger partial charge in [-0.1, -0.05) is 64.4 Å². The summed E-state index contributed by atoms with van der Waals surface area (Å²) in [5.41, 5.74) is 1.19. The highest BCUT2D eigenvalue weighted by molar-refractivity contribution is 5.17. The van der Waals surface area contributed by atoms with Crippen LogP contribution >= 0.6 is 0 Å². The smallest absolute Gasteiger partial charge is 0.120 e. The number of benzene rings is 1. The maximum Gasteiger partial charge on any atom is 0.120 e. The van der Waals surface area contributed by atoms with Gasteiger partial charge in [0.25, 0.3) is 0 Å². The van der Waals surface area contributed by atoms with Crippen LogP contribution in [0.15, 0.2) is 30.3 Å². The first kappa shape index (κ1) is 14.2. The van der Waals surface area contributed by atoms with Crippen LogP contribution in [0.4, 0.5) is 0 Å². The Balaban J connectivity index is 2.61. The largest absolute Gasteiger partial charge is 0.236 e. The van der Waals surface area contributed by atoms with Crippen LogP contribution in [0.2, 0.25) is 0 Å². The molecule has 0 aliphatic carbocycles. The first-order valence-corrected chi connectivity index (χ1v) is 6.48. The molecular weight excluding hydrogens is 212 g/mol. The topological polar surface area (TPSA) is 18.5 Å². The van der Waals surface area contributed by atoms with Crippen molar-refractivity contribution in [1.29, 1.82) is 0 Å². The zero-order valence-corrected chi connectivity index (χ0v) is 11.3. The van der Waals surface area contributed by atoms with Crippen LogP contribution in [0.1, 0.15) is 45.8 Å². The molecule has 1 rings (SSSR count). The second-order valence-corrected chi connectivity index (χ2v) is 4.99. The van der Waals surface area contributed by atoms with Crippen molar-refractivity contribution in [3.8, 4) is 0 Å². The standard InChI is InChI=1S/C15H24O2/c1-5-13(4)15(17-16-11-12(2)3)14-9-7-6-8-10-14/h6-10,12-13,15H,5,11H2,1-4H3. The van der Waals surface area contributed by atoms with Crippen LogP contribution < -0.4 is 0 Å². The van der Waals surface area contributed by atoms with E-state index in [1.807, 2.05) is 18.2 Å². The minimum absolute atomic E-state index is 0.0277. The van der Waals surface area contributed by atoms with E-state index in [1.165, 1.54) is 5.56 Å². The van der Waals surface area contributed by atoms with Crippen LogP contribution in [-0.2, 0) is 9.78 Å². The molecule has 0 aromatic heterocycles. The molecule has 0 N–H and O–H groups in total. The molecule has 0 fully saturated rings. The van der Waals surface area contributed by atoms with Crippen LogP contribution in [-0.4, -0.2) is 6.61 Å². The Morgan fingerprint density at radius 3 is 2.24 bits per heavy atom. The van der Waals surface area contributed by atoms with Crippen molar-refractivity contribution >= 4 is 0 Å². The molecule has 2 unspecified atom stereocenters. The number of rotatable bonds is 7. The number of hydrogen-bond acceptors (Lipinski definition) is 2. The summed E-state index contributed by atoms with van der Waals surface area (Å²) < 4.78 is 0. The SMILES string of the molecule is CCC(C)C(OOCC(C)C)c1ccccc1. The van der Waals surface area contributed by atoms with E-state index in [1.54, 1.807) is 0 Å². The van der Waals surface area contributed by atoms with Crippen molar-refractivity contribution in [2.75, 3.05) is 6.61 Å². The molecule has 96 valence electrons. The molecule has 0 aliphatic rings. The molecule has 0 saturated carbocycles. The Hall–Kier alpha value is -0.860. The van der Waals surface area contributed by atoms with Gasteiger partial charge in [0.1, 0.15) is 6.10 Å². The third kappa shape index (κ3) is 4.88. The van der Waals surface area contributed by atoms with Gasteiger partial charge in [0.15, 0.2) is 0 Å². The van der Waals surface area contributed by atoms with Gasteiger partial charge in [0.2, 0.25) is 0 Å². The summed E-state index contributed by atoms with van der Waals surface area (Å²) in [5.74, 6) is 0.938. The van der Waals surface area contributed by atoms with Gasteiger partial charge in [0.05, 0.1) is 6.61 Å². The third-order valence-corrected chi connectivity index (χ3v) is 2.86. The first-order chi connectivity index (χ1) is 8.15. The molecule has 0 saturated heterocycles. The highest BCUT2D eigenvalue weighted by Crippen LogP contribution is 2.28. The minimum atomic E-state index is 0.0277. The van der Waals surface area contributed by atoms with Crippen LogP contribution in [0, 0.1) is 11.8 Å². The lowest BCUT2D eigenvalue weighted by Crippen LogP contribution is -2.15. The molecule has 0 heterocycles. The van der Waals surface area contributed by atoms with E-state index in [0.29, 0.717) is 18.4 Å². The summed E-state index contributed by atoms with van der Waals surface area (Å²) in [7, 11) is 0. The Morgan fingerprint density at radius 1 is 1.06 bits per heavy atom. The van der Waals surface area contributed by atoms with E-state index < -0.39 is 0 Å². The zero-order chi connectivity index (χ0) is 12.7. The summed E-state index contributed by atoms with van der Waals surface area (Å²) in [6.07, 6.45) is 1.10. The lowest BCUT2D eigenvalue weighted by Gasteiger charge is -2.23. The van der Waals surface area contributed by atoms with Crippen LogP contribution in [0.25, 0.3) is 0 Å². The molecule has 1 aromatic rings. The molecule has 0 radical (unpaired) electrons. The molecule has 17 heavy (non-hydrogen) atoms. The summed E-state index contributed by atoms with van der Waals surface area (Å²) >= 11 is 0. The van der Waals surface area contributed by atoms with E-state index in [2.05, 4.69) is 39.8 Å². The van der Waals surface area contributed by atoms with Crippen molar-refractivity contribution in [3.63, 3.8) is 0 Å². The Kier molecular flexibility index (Phi) is 6.23. The van der Waals surface area contributed by atoms with E-state index >= 15 is 0 Å². The van der Waals surface area contributed by atoms with Gasteiger partial charge < -0.3 is 0 Å². The second-order valence-electron chi connectivity index (χ2n) is 4.99. The average molecular weight is 236 g/mol. The van der Waals surface area contributed by atoms with E-state index in [4.69, 9.17) is 9.78 Å². The summed E-state index contributed by atoms with van der Waals surface area (Å²) in [6, 6.07) is 10.3. The zero-order valence-electron chi connectivity index (χ0n) is 11.3. The molecule has 2 nitrogen and oxygen atoms in total. The predicted octanol–water partition coefficient (Wildman–Crippen LogP) is 4.38. The molecule has 1 aromatic carbocycles. The van der Waals surface area contributed by atoms with Crippen molar-refractivity contribution < 1.29 is 9.78 Å². The summed E-state index contributed by atoms with van der Waals surface area (Å²) in [4.78, 5) is 10.9. The van der Waals surface area contributed by atoms with Crippen molar-refractivity contribution in [2.45, 2.75) is 40.2 Å². The Morgan fingerprint density at radius 2 is 1.71 bits per heavy atom. The summed E-state index contributed by atoms with van der Waals surface area (Å²) in [6.45, 7) is 9.23. The lowest BCUT2D eigenvalue weighted by molar-refractivity contribution is -0.340. The molecule has 0 amide bonds. The van der Waals surface area contributed by atoms with E-state index in [-0.39, 0.29) is 6.10 Å². The van der Waals surface area contributed by atoms with Crippen LogP contribution in [0.3, 0.4) is 0 Å². The predicted molar refractivity (Wildman–Crippen MR) is 70.5 cm³/mol. The highest BCUT2D eigenvalue weighted by Gasteiger charge is 2.19. The molecule has 2 heteroatoms. The third-order valence-electron chi connectivity index (χ3n) is 2.86. The second kappa shape index (κ2) is 7.46. The van der Waals surface area contributed by atoms with Crippen LogP contribution in [0.5, 0.6) is 0 Å². The highest BCUT2D eigenvalue weighted by atomic mass is 17.2. The van der Waals surface area contributed by atoms with Crippen molar-refractivity contribution in [1.82, 2.24) is 0 Å². The quantitative estimate of drug-likeness (QED) is 0.516. The fraction of sp³-hybridized carbons (Fsp3) is 0.600. The van der Waals surface area contributed by atoms with Crippen molar-refractivity contribution in [2.24, 2.45) is 11.8 Å². The van der Waals surface area contributed by atoms with Gasteiger partial charge in [-0.3, -0.25) is 0 Å². The van der Waals surface area contributed by atoms with Gasteiger partial charge in [-0.05, 0) is 17.4 Å². The first-order valence-electron chi connectivity index (χ1n) is 6.48. The van der Waals surface area contributed by atoms with Gasteiger partial charge >= 0.3 is 0 Å². The molecular formula is C15H24O2. The van der Waals surface area contributed by atoms with Gasteiger partial charge in [-0.2, -0.15) is 0 Å². The number of hydrogen-bond donors (Lipinski definition) is 0. The van der Waals surface area contributed by atoms with Gasteiger partial charge in [-0.25, -0.2) is 9.78 Å². The maximum absolute atomic E-state index is 5.59. The molecule has 0 spiro atoms. The van der Waals surface area contributed by atoms with E-state index in [9.17, 15) is 0 Å². The fourth-order valence-corrected chi connectivity index (χ4v) is 1.58. The Labute approximate surface area is 105 Å². The normalized spacial score (nSPS) is 14.9. The minimum Gasteiger partial charge on any atom is -0.236 e. The van der Waals surface area contributed by atoms with E-state index in [0.717, 1.165) is 6.42 Å². The average Bonchev–Trinajstić information content (AvgIpc) is 2.34. The molecule has 2 atom stereocenters. The van der Waals surface area contributed by atoms with Crippen molar-refractivity contribution in [3.05, 3.63) is 35.9 Å². The maximum atomic E-state index is 5.59. The fourth-order valence-electron chi connectivity index (χ4n) is 1.58. The monoisotopic (exact) mass is 236 g/mol. The van der Waals surface area contributed by atoms with Gasteiger partial charge in [0, 0.05) is 0 Å². The van der Waals surface area contributed by atoms with Gasteiger partial charge in [-0.15, -0.1) is 0 Å². The molecule has 0 aliphatic heterocycles. The Bertz CT molecular complexity index is 295. The molecule has 0 bridgehead atoms.